The van der Waals surface area contributed by atoms with E-state index >= 15 is 0 Å². The van der Waals surface area contributed by atoms with Gasteiger partial charge in [0.2, 0.25) is 17.6 Å². The molecule has 33 heavy (non-hydrogen) atoms. The second-order valence-corrected chi connectivity index (χ2v) is 7.74. The van der Waals surface area contributed by atoms with E-state index in [-0.39, 0.29) is 11.8 Å². The van der Waals surface area contributed by atoms with Gasteiger partial charge in [0, 0.05) is 25.1 Å². The van der Waals surface area contributed by atoms with Gasteiger partial charge in [-0.25, -0.2) is 0 Å². The van der Waals surface area contributed by atoms with Crippen LogP contribution in [-0.2, 0) is 11.3 Å². The third-order valence-corrected chi connectivity index (χ3v) is 5.41. The Morgan fingerprint density at radius 2 is 1.70 bits per heavy atom. The van der Waals surface area contributed by atoms with Crippen LogP contribution in [0, 0.1) is 0 Å². The van der Waals surface area contributed by atoms with Crippen LogP contribution in [0.15, 0.2) is 47.0 Å². The smallest absolute Gasteiger partial charge is 0.232 e. The van der Waals surface area contributed by atoms with Crippen molar-refractivity contribution < 1.29 is 23.5 Å². The topological polar surface area (TPSA) is 86.9 Å². The minimum Gasteiger partial charge on any atom is -0.494 e. The van der Waals surface area contributed by atoms with Crippen molar-refractivity contribution in [1.82, 2.24) is 15.0 Å². The lowest BCUT2D eigenvalue weighted by Crippen LogP contribution is -2.24. The third-order valence-electron chi connectivity index (χ3n) is 5.41. The maximum absolute atomic E-state index is 12.7. The molecule has 0 radical (unpaired) electrons. The van der Waals surface area contributed by atoms with Gasteiger partial charge >= 0.3 is 0 Å². The average molecular weight is 452 g/mol. The van der Waals surface area contributed by atoms with Crippen molar-refractivity contribution in [3.05, 3.63) is 53.9 Å². The van der Waals surface area contributed by atoms with Crippen molar-refractivity contribution in [2.24, 2.45) is 0 Å². The zero-order valence-electron chi connectivity index (χ0n) is 19.2. The number of aromatic nitrogens is 2. The number of benzene rings is 2. The lowest BCUT2D eigenvalue weighted by molar-refractivity contribution is -0.128. The summed E-state index contributed by atoms with van der Waals surface area (Å²) < 4.78 is 22.3. The highest BCUT2D eigenvalue weighted by molar-refractivity contribution is 5.79. The van der Waals surface area contributed by atoms with E-state index in [0.717, 1.165) is 16.9 Å². The number of nitrogens with zero attached hydrogens (tertiary/aromatic N) is 3. The van der Waals surface area contributed by atoms with Crippen molar-refractivity contribution in [3.8, 4) is 28.6 Å². The highest BCUT2D eigenvalue weighted by Gasteiger charge is 2.34. The monoisotopic (exact) mass is 451 g/mol. The fourth-order valence-corrected chi connectivity index (χ4v) is 3.89. The highest BCUT2D eigenvalue weighted by atomic mass is 16.5. The van der Waals surface area contributed by atoms with Gasteiger partial charge < -0.3 is 23.6 Å². The summed E-state index contributed by atoms with van der Waals surface area (Å²) in [6.45, 7) is 8.55. The van der Waals surface area contributed by atoms with Gasteiger partial charge in [-0.2, -0.15) is 4.98 Å². The molecule has 8 nitrogen and oxygen atoms in total. The Hall–Kier alpha value is -3.55. The number of rotatable bonds is 10. The average Bonchev–Trinajstić information content (AvgIpc) is 3.44. The van der Waals surface area contributed by atoms with Crippen molar-refractivity contribution in [3.63, 3.8) is 0 Å². The molecule has 1 atom stereocenters. The Morgan fingerprint density at radius 1 is 0.970 bits per heavy atom. The van der Waals surface area contributed by atoms with Crippen LogP contribution in [0.2, 0.25) is 0 Å². The molecule has 0 N–H and O–H groups in total. The molecule has 1 aliphatic heterocycles. The van der Waals surface area contributed by atoms with E-state index in [0.29, 0.717) is 62.5 Å². The van der Waals surface area contributed by atoms with E-state index in [1.54, 1.807) is 0 Å². The van der Waals surface area contributed by atoms with E-state index in [1.165, 1.54) is 0 Å². The van der Waals surface area contributed by atoms with Gasteiger partial charge in [0.05, 0.1) is 25.7 Å². The van der Waals surface area contributed by atoms with Gasteiger partial charge in [0.25, 0.3) is 0 Å². The van der Waals surface area contributed by atoms with Gasteiger partial charge in [-0.05, 0) is 62.7 Å². The van der Waals surface area contributed by atoms with E-state index < -0.39 is 0 Å². The molecule has 1 aromatic heterocycles. The maximum Gasteiger partial charge on any atom is 0.232 e. The lowest BCUT2D eigenvalue weighted by Gasteiger charge is -2.18. The summed E-state index contributed by atoms with van der Waals surface area (Å²) in [7, 11) is 0. The van der Waals surface area contributed by atoms with Gasteiger partial charge in [-0.15, -0.1) is 0 Å². The number of ether oxygens (including phenoxy) is 3. The molecule has 1 amide bonds. The summed E-state index contributed by atoms with van der Waals surface area (Å²) in [5.74, 6) is 3.12. The molecule has 1 saturated heterocycles. The predicted octanol–water partition coefficient (Wildman–Crippen LogP) is 4.45. The quantitative estimate of drug-likeness (QED) is 0.450. The number of hydrogen-bond donors (Lipinski definition) is 0. The molecule has 1 fully saturated rings. The molecule has 0 bridgehead atoms. The highest BCUT2D eigenvalue weighted by Crippen LogP contribution is 2.32. The molecular weight excluding hydrogens is 422 g/mol. The summed E-state index contributed by atoms with van der Waals surface area (Å²) in [6, 6.07) is 13.3. The molecule has 1 aliphatic rings. The lowest BCUT2D eigenvalue weighted by atomic mass is 10.1. The van der Waals surface area contributed by atoms with Crippen LogP contribution in [0.5, 0.6) is 17.2 Å². The van der Waals surface area contributed by atoms with Crippen LogP contribution >= 0.6 is 0 Å². The normalized spacial score (nSPS) is 15.7. The Balaban J connectivity index is 1.43. The molecule has 0 spiro atoms. The summed E-state index contributed by atoms with van der Waals surface area (Å²) >= 11 is 0. The van der Waals surface area contributed by atoms with E-state index in [9.17, 15) is 4.79 Å². The molecule has 0 aliphatic carbocycles. The Bertz CT molecular complexity index is 1080. The van der Waals surface area contributed by atoms with Crippen LogP contribution in [0.25, 0.3) is 11.4 Å². The number of carbonyl (C=O) groups excluding carboxylic acids is 1. The molecular formula is C25H29N3O5. The van der Waals surface area contributed by atoms with Crippen LogP contribution in [-0.4, -0.2) is 47.3 Å². The van der Waals surface area contributed by atoms with E-state index in [4.69, 9.17) is 18.7 Å². The second kappa shape index (κ2) is 10.4. The number of carbonyl (C=O) groups is 1. The molecule has 174 valence electrons. The summed E-state index contributed by atoms with van der Waals surface area (Å²) in [4.78, 5) is 19.1. The van der Waals surface area contributed by atoms with Crippen LogP contribution < -0.4 is 14.2 Å². The first-order valence-electron chi connectivity index (χ1n) is 11.3. The zero-order chi connectivity index (χ0) is 23.2. The van der Waals surface area contributed by atoms with Crippen molar-refractivity contribution in [2.45, 2.75) is 39.7 Å². The van der Waals surface area contributed by atoms with E-state index in [2.05, 4.69) is 10.1 Å². The van der Waals surface area contributed by atoms with Gasteiger partial charge in [-0.3, -0.25) is 4.79 Å². The second-order valence-electron chi connectivity index (χ2n) is 7.74. The molecule has 0 saturated carbocycles. The van der Waals surface area contributed by atoms with Crippen LogP contribution in [0.1, 0.15) is 44.6 Å². The van der Waals surface area contributed by atoms with Crippen molar-refractivity contribution >= 4 is 5.91 Å². The van der Waals surface area contributed by atoms with Crippen LogP contribution in [0.4, 0.5) is 0 Å². The summed E-state index contributed by atoms with van der Waals surface area (Å²) in [6.07, 6.45) is 0.347. The third kappa shape index (κ3) is 5.27. The largest absolute Gasteiger partial charge is 0.494 e. The minimum absolute atomic E-state index is 0.0626. The van der Waals surface area contributed by atoms with E-state index in [1.807, 2.05) is 68.1 Å². The molecule has 8 heteroatoms. The van der Waals surface area contributed by atoms with Crippen LogP contribution in [0.3, 0.4) is 0 Å². The molecule has 1 unspecified atom stereocenters. The fourth-order valence-electron chi connectivity index (χ4n) is 3.89. The molecule has 4 rings (SSSR count). The predicted molar refractivity (Wildman–Crippen MR) is 122 cm³/mol. The summed E-state index contributed by atoms with van der Waals surface area (Å²) in [5.41, 5.74) is 1.82. The Morgan fingerprint density at radius 3 is 2.42 bits per heavy atom. The minimum atomic E-state index is -0.129. The maximum atomic E-state index is 12.7. The zero-order valence-corrected chi connectivity index (χ0v) is 19.2. The Labute approximate surface area is 193 Å². The Kier molecular flexibility index (Phi) is 7.12. The number of likely N-dealkylation sites (tertiary alicyclic amines) is 1. The van der Waals surface area contributed by atoms with Gasteiger partial charge in [-0.1, -0.05) is 11.2 Å². The standard InChI is InChI=1S/C25H29N3O5/c1-4-30-20-10-8-18(9-11-20)24-26-25(33-27-24)19-14-23(29)28(16-19)15-17-7-12-21(31-5-2)22(13-17)32-6-3/h7-13,19H,4-6,14-16H2,1-3H3. The van der Waals surface area contributed by atoms with Crippen molar-refractivity contribution in [2.75, 3.05) is 26.4 Å². The number of amides is 1. The fraction of sp³-hybridized carbons (Fsp3) is 0.400. The molecule has 2 aromatic carbocycles. The van der Waals surface area contributed by atoms with Gasteiger partial charge in [0.1, 0.15) is 5.75 Å². The molecule has 2 heterocycles. The first-order chi connectivity index (χ1) is 16.1. The van der Waals surface area contributed by atoms with Crippen molar-refractivity contribution in [1.29, 1.82) is 0 Å². The summed E-state index contributed by atoms with van der Waals surface area (Å²) in [5, 5.41) is 4.11. The number of hydrogen-bond acceptors (Lipinski definition) is 7. The molecule has 3 aromatic rings. The first-order valence-corrected chi connectivity index (χ1v) is 11.3. The first kappa shape index (κ1) is 22.6. The van der Waals surface area contributed by atoms with Gasteiger partial charge in [0.15, 0.2) is 11.5 Å². The SMILES string of the molecule is CCOc1ccc(-c2noc(C3CC(=O)N(Cc4ccc(OCC)c(OCC)c4)C3)n2)cc1.